The monoisotopic (exact) mass is 233 g/mol. The van der Waals surface area contributed by atoms with Crippen LogP contribution in [0.3, 0.4) is 0 Å². The van der Waals surface area contributed by atoms with E-state index in [-0.39, 0.29) is 17.7 Å². The lowest BCUT2D eigenvalue weighted by Gasteiger charge is -2.29. The molecule has 2 unspecified atom stereocenters. The molecule has 0 aromatic heterocycles. The van der Waals surface area contributed by atoms with E-state index in [1.807, 2.05) is 0 Å². The summed E-state index contributed by atoms with van der Waals surface area (Å²) >= 11 is 0. The molecule has 2 N–H and O–H groups in total. The lowest BCUT2D eigenvalue weighted by Crippen LogP contribution is -2.41. The molecule has 1 aliphatic rings. The van der Waals surface area contributed by atoms with Gasteiger partial charge in [-0.1, -0.05) is 25.8 Å². The number of phenols is 1. The van der Waals surface area contributed by atoms with Crippen LogP contribution in [0.4, 0.5) is 0 Å². The molecule has 1 amide bonds. The van der Waals surface area contributed by atoms with E-state index >= 15 is 0 Å². The number of phenolic OH excluding ortho intramolecular Hbond substituents is 1. The molecule has 92 valence electrons. The van der Waals surface area contributed by atoms with Gasteiger partial charge in [-0.05, 0) is 37.0 Å². The highest BCUT2D eigenvalue weighted by Crippen LogP contribution is 2.24. The van der Waals surface area contributed by atoms with Crippen LogP contribution in [-0.2, 0) is 0 Å². The van der Waals surface area contributed by atoms with Gasteiger partial charge in [0.05, 0.1) is 0 Å². The number of rotatable bonds is 2. The highest BCUT2D eigenvalue weighted by atomic mass is 16.3. The Hall–Kier alpha value is -1.51. The van der Waals surface area contributed by atoms with E-state index in [0.717, 1.165) is 6.42 Å². The van der Waals surface area contributed by atoms with Gasteiger partial charge < -0.3 is 10.4 Å². The molecule has 0 heterocycles. The van der Waals surface area contributed by atoms with Gasteiger partial charge in [-0.3, -0.25) is 4.79 Å². The molecule has 0 aliphatic heterocycles. The van der Waals surface area contributed by atoms with Crippen LogP contribution in [0.25, 0.3) is 0 Å². The Labute approximate surface area is 102 Å². The van der Waals surface area contributed by atoms with Crippen molar-refractivity contribution in [3.8, 4) is 5.75 Å². The molecule has 1 aliphatic carbocycles. The zero-order valence-corrected chi connectivity index (χ0v) is 10.1. The molecule has 0 saturated heterocycles. The molecular formula is C14H19NO2. The highest BCUT2D eigenvalue weighted by Gasteiger charge is 2.23. The van der Waals surface area contributed by atoms with E-state index in [2.05, 4.69) is 12.2 Å². The Morgan fingerprint density at radius 3 is 2.82 bits per heavy atom. The fourth-order valence-electron chi connectivity index (χ4n) is 2.43. The van der Waals surface area contributed by atoms with Crippen molar-refractivity contribution in [2.24, 2.45) is 5.92 Å². The molecule has 0 bridgehead atoms. The van der Waals surface area contributed by atoms with Crippen molar-refractivity contribution in [2.45, 2.75) is 38.6 Å². The minimum absolute atomic E-state index is 0.0837. The first-order chi connectivity index (χ1) is 8.16. The van der Waals surface area contributed by atoms with Crippen LogP contribution in [-0.4, -0.2) is 17.1 Å². The number of benzene rings is 1. The Kier molecular flexibility index (Phi) is 3.67. The van der Waals surface area contributed by atoms with Crippen LogP contribution >= 0.6 is 0 Å². The summed E-state index contributed by atoms with van der Waals surface area (Å²) in [5.41, 5.74) is 0.530. The summed E-state index contributed by atoms with van der Waals surface area (Å²) in [6.07, 6.45) is 4.70. The lowest BCUT2D eigenvalue weighted by molar-refractivity contribution is 0.0910. The fourth-order valence-corrected chi connectivity index (χ4v) is 2.43. The number of nitrogens with one attached hydrogen (secondary N) is 1. The van der Waals surface area contributed by atoms with Crippen LogP contribution < -0.4 is 5.32 Å². The summed E-state index contributed by atoms with van der Waals surface area (Å²) in [6, 6.07) is 6.76. The topological polar surface area (TPSA) is 49.3 Å². The first kappa shape index (κ1) is 12.0. The van der Waals surface area contributed by atoms with E-state index in [1.165, 1.54) is 25.3 Å². The second-order valence-corrected chi connectivity index (χ2v) is 4.89. The summed E-state index contributed by atoms with van der Waals surface area (Å²) in [7, 11) is 0. The highest BCUT2D eigenvalue weighted by molar-refractivity contribution is 5.94. The van der Waals surface area contributed by atoms with Crippen molar-refractivity contribution in [3.63, 3.8) is 0 Å². The average Bonchev–Trinajstić information content (AvgIpc) is 2.32. The Bertz CT molecular complexity index is 403. The first-order valence-corrected chi connectivity index (χ1v) is 6.26. The van der Waals surface area contributed by atoms with Gasteiger partial charge in [-0.15, -0.1) is 0 Å². The standard InChI is InChI=1S/C14H19NO2/c1-10-5-2-3-8-13(10)15-14(17)11-6-4-7-12(16)9-11/h4,6-7,9-10,13,16H,2-3,5,8H2,1H3,(H,15,17). The van der Waals surface area contributed by atoms with Gasteiger partial charge in [0.25, 0.3) is 5.91 Å². The summed E-state index contributed by atoms with van der Waals surface area (Å²) in [5, 5.41) is 12.4. The molecule has 17 heavy (non-hydrogen) atoms. The number of aromatic hydroxyl groups is 1. The zero-order chi connectivity index (χ0) is 12.3. The van der Waals surface area contributed by atoms with E-state index in [9.17, 15) is 9.90 Å². The van der Waals surface area contributed by atoms with Crippen molar-refractivity contribution in [2.75, 3.05) is 0 Å². The maximum absolute atomic E-state index is 12.0. The van der Waals surface area contributed by atoms with E-state index in [0.29, 0.717) is 11.5 Å². The fraction of sp³-hybridized carbons (Fsp3) is 0.500. The van der Waals surface area contributed by atoms with Gasteiger partial charge in [0.1, 0.15) is 5.75 Å². The molecule has 1 fully saturated rings. The molecule has 2 rings (SSSR count). The van der Waals surface area contributed by atoms with Gasteiger partial charge in [0.2, 0.25) is 0 Å². The molecule has 1 aromatic rings. The summed E-state index contributed by atoms with van der Waals surface area (Å²) in [4.78, 5) is 12.0. The SMILES string of the molecule is CC1CCCCC1NC(=O)c1cccc(O)c1. The van der Waals surface area contributed by atoms with Crippen molar-refractivity contribution >= 4 is 5.91 Å². The smallest absolute Gasteiger partial charge is 0.251 e. The van der Waals surface area contributed by atoms with Crippen molar-refractivity contribution in [1.82, 2.24) is 5.32 Å². The predicted molar refractivity (Wildman–Crippen MR) is 67.0 cm³/mol. The third kappa shape index (κ3) is 2.99. The molecule has 1 aromatic carbocycles. The number of amides is 1. The molecule has 3 nitrogen and oxygen atoms in total. The number of carbonyl (C=O) groups is 1. The molecular weight excluding hydrogens is 214 g/mol. The second-order valence-electron chi connectivity index (χ2n) is 4.89. The van der Waals surface area contributed by atoms with E-state index in [4.69, 9.17) is 0 Å². The van der Waals surface area contributed by atoms with Gasteiger partial charge in [-0.2, -0.15) is 0 Å². The minimum atomic E-state index is -0.0837. The third-order valence-corrected chi connectivity index (χ3v) is 3.54. The minimum Gasteiger partial charge on any atom is -0.508 e. The van der Waals surface area contributed by atoms with Crippen LogP contribution in [0.1, 0.15) is 43.0 Å². The third-order valence-electron chi connectivity index (χ3n) is 3.54. The number of carbonyl (C=O) groups excluding carboxylic acids is 1. The van der Waals surface area contributed by atoms with Crippen LogP contribution in [0.15, 0.2) is 24.3 Å². The normalized spacial score (nSPS) is 24.3. The Morgan fingerprint density at radius 1 is 1.35 bits per heavy atom. The Morgan fingerprint density at radius 2 is 2.12 bits per heavy atom. The Balaban J connectivity index is 2.01. The second kappa shape index (κ2) is 5.21. The van der Waals surface area contributed by atoms with Gasteiger partial charge >= 0.3 is 0 Å². The summed E-state index contributed by atoms with van der Waals surface area (Å²) in [6.45, 7) is 2.19. The lowest BCUT2D eigenvalue weighted by atomic mass is 9.86. The quantitative estimate of drug-likeness (QED) is 0.825. The van der Waals surface area contributed by atoms with E-state index in [1.54, 1.807) is 18.2 Å². The van der Waals surface area contributed by atoms with Gasteiger partial charge in [-0.25, -0.2) is 0 Å². The number of hydrogen-bond acceptors (Lipinski definition) is 2. The predicted octanol–water partition coefficient (Wildman–Crippen LogP) is 2.70. The molecule has 3 heteroatoms. The first-order valence-electron chi connectivity index (χ1n) is 6.26. The average molecular weight is 233 g/mol. The van der Waals surface area contributed by atoms with Crippen molar-refractivity contribution < 1.29 is 9.90 Å². The molecule has 2 atom stereocenters. The van der Waals surface area contributed by atoms with Crippen molar-refractivity contribution in [3.05, 3.63) is 29.8 Å². The van der Waals surface area contributed by atoms with Crippen LogP contribution in [0, 0.1) is 5.92 Å². The molecule has 0 spiro atoms. The van der Waals surface area contributed by atoms with E-state index < -0.39 is 0 Å². The van der Waals surface area contributed by atoms with Gasteiger partial charge in [0, 0.05) is 11.6 Å². The largest absolute Gasteiger partial charge is 0.508 e. The maximum Gasteiger partial charge on any atom is 0.251 e. The zero-order valence-electron chi connectivity index (χ0n) is 10.1. The molecule has 0 radical (unpaired) electrons. The maximum atomic E-state index is 12.0. The van der Waals surface area contributed by atoms with Crippen LogP contribution in [0.2, 0.25) is 0 Å². The van der Waals surface area contributed by atoms with Crippen molar-refractivity contribution in [1.29, 1.82) is 0 Å². The number of hydrogen-bond donors (Lipinski definition) is 2. The summed E-state index contributed by atoms with van der Waals surface area (Å²) < 4.78 is 0. The molecule has 1 saturated carbocycles. The van der Waals surface area contributed by atoms with Crippen LogP contribution in [0.5, 0.6) is 5.75 Å². The van der Waals surface area contributed by atoms with Gasteiger partial charge in [0.15, 0.2) is 0 Å². The summed E-state index contributed by atoms with van der Waals surface area (Å²) in [5.74, 6) is 0.596.